The Hall–Kier alpha value is -2.11. The molecule has 1 aliphatic heterocycles. The molecule has 27 heteroatoms. The number of aromatic nitrogens is 4. The van der Waals surface area contributed by atoms with Crippen molar-refractivity contribution in [2.45, 2.75) is 50.9 Å². The van der Waals surface area contributed by atoms with Crippen molar-refractivity contribution in [1.29, 1.82) is 0 Å². The number of fused-ring (bicyclic) bond motifs is 1. The molecule has 1 fully saturated rings. The molecule has 1 saturated heterocycles. The van der Waals surface area contributed by atoms with Crippen LogP contribution in [0.4, 0.5) is 5.82 Å². The Kier molecular flexibility index (Phi) is 13.7. The average Bonchev–Trinajstić information content (AvgIpc) is 3.54. The summed E-state index contributed by atoms with van der Waals surface area (Å²) in [6.45, 7) is 0.723. The number of thiol groups is 1. The molecule has 3 rings (SSSR count). The van der Waals surface area contributed by atoms with E-state index in [0.717, 1.165) is 17.2 Å². The molecule has 272 valence electrons. The second-order valence-electron chi connectivity index (χ2n) is 10.8. The predicted molar refractivity (Wildman–Crippen MR) is 163 cm³/mol. The highest BCUT2D eigenvalue weighted by atomic mass is 32.1. The minimum Gasteiger partial charge on any atom is -0.386 e. The maximum atomic E-state index is 12.6. The lowest BCUT2D eigenvalue weighted by atomic mass is 9.87. The molecule has 3 heterocycles. The first-order valence-corrected chi connectivity index (χ1v) is 18.8. The summed E-state index contributed by atoms with van der Waals surface area (Å²) < 4.78 is 61.7. The lowest BCUT2D eigenvalue weighted by Crippen LogP contribution is -2.46. The van der Waals surface area contributed by atoms with Gasteiger partial charge in [0, 0.05) is 30.7 Å². The second kappa shape index (κ2) is 16.3. The quantitative estimate of drug-likeness (QED) is 0.0599. The Balaban J connectivity index is 1.61. The number of nitrogens with zero attached hydrogens (tertiary/aromatic N) is 4. The molecular weight excluding hydrogens is 731 g/mol. The fraction of sp³-hybridized carbons (Fsp3) is 0.667. The topological polar surface area (TPSA) is 347 Å². The van der Waals surface area contributed by atoms with E-state index in [9.17, 15) is 53.1 Å². The number of phosphoric ester groups is 3. The van der Waals surface area contributed by atoms with Crippen LogP contribution in [0.3, 0.4) is 0 Å². The van der Waals surface area contributed by atoms with Gasteiger partial charge in [0.15, 0.2) is 17.7 Å². The Morgan fingerprint density at radius 3 is 2.42 bits per heavy atom. The highest BCUT2D eigenvalue weighted by Gasteiger charge is 2.50. The van der Waals surface area contributed by atoms with E-state index in [1.807, 2.05) is 0 Å². The molecule has 48 heavy (non-hydrogen) atoms. The van der Waals surface area contributed by atoms with Crippen molar-refractivity contribution in [2.24, 2.45) is 5.41 Å². The van der Waals surface area contributed by atoms with Crippen molar-refractivity contribution in [3.63, 3.8) is 0 Å². The number of hydrogen-bond acceptors (Lipinski definition) is 17. The predicted octanol–water partition coefficient (Wildman–Crippen LogP) is -1.67. The fourth-order valence-corrected chi connectivity index (χ4v) is 7.08. The molecule has 2 aromatic rings. The summed E-state index contributed by atoms with van der Waals surface area (Å²) in [5, 5.41) is 26.1. The fourth-order valence-electron chi connectivity index (χ4n) is 4.14. The van der Waals surface area contributed by atoms with Crippen LogP contribution in [0.25, 0.3) is 11.2 Å². The Morgan fingerprint density at radius 2 is 1.77 bits per heavy atom. The van der Waals surface area contributed by atoms with Crippen molar-refractivity contribution in [2.75, 3.05) is 37.8 Å². The number of aliphatic hydroxyl groups excluding tert-OH is 2. The SMILES string of the molecule is CC(C)(COP(=O)(O)OP(=O)(O)OC[C@H]1O[C@H](n2cnc3c(N)ncnc32)[C@H](O)[C@@H]1OP(=O)(O)O)[C@@H](O)C(=O)NCCC(=O)NCCS. The van der Waals surface area contributed by atoms with Gasteiger partial charge in [-0.05, 0) is 0 Å². The van der Waals surface area contributed by atoms with Gasteiger partial charge in [-0.25, -0.2) is 28.6 Å². The summed E-state index contributed by atoms with van der Waals surface area (Å²) in [5.41, 5.74) is 4.30. The van der Waals surface area contributed by atoms with Gasteiger partial charge in [0.2, 0.25) is 11.8 Å². The highest BCUT2D eigenvalue weighted by molar-refractivity contribution is 7.80. The first-order valence-electron chi connectivity index (χ1n) is 13.7. The van der Waals surface area contributed by atoms with Gasteiger partial charge in [0.05, 0.1) is 19.5 Å². The third-order valence-corrected chi connectivity index (χ3v) is 9.83. The maximum absolute atomic E-state index is 12.6. The molecule has 10 N–H and O–H groups in total. The number of carbonyl (C=O) groups excluding carboxylic acids is 2. The number of ether oxygens (including phenoxy) is 1. The molecule has 0 aliphatic carbocycles. The van der Waals surface area contributed by atoms with Gasteiger partial charge in [-0.15, -0.1) is 0 Å². The van der Waals surface area contributed by atoms with E-state index in [0.29, 0.717) is 12.3 Å². The number of rotatable bonds is 18. The number of phosphoric acid groups is 3. The minimum atomic E-state index is -5.54. The van der Waals surface area contributed by atoms with E-state index in [1.165, 1.54) is 13.8 Å². The van der Waals surface area contributed by atoms with E-state index in [1.54, 1.807) is 0 Å². The molecule has 2 amide bonds. The molecule has 2 unspecified atom stereocenters. The summed E-state index contributed by atoms with van der Waals surface area (Å²) in [6, 6.07) is 0. The van der Waals surface area contributed by atoms with Crippen LogP contribution in [-0.4, -0.2) is 118 Å². The summed E-state index contributed by atoms with van der Waals surface area (Å²) in [6.07, 6.45) is -6.74. The van der Waals surface area contributed by atoms with Crippen molar-refractivity contribution >= 4 is 64.9 Å². The van der Waals surface area contributed by atoms with Crippen LogP contribution in [0.2, 0.25) is 0 Å². The van der Waals surface area contributed by atoms with Crippen LogP contribution < -0.4 is 16.4 Å². The zero-order valence-corrected chi connectivity index (χ0v) is 28.8. The first-order chi connectivity index (χ1) is 22.2. The highest BCUT2D eigenvalue weighted by Crippen LogP contribution is 2.61. The van der Waals surface area contributed by atoms with Gasteiger partial charge >= 0.3 is 23.5 Å². The summed E-state index contributed by atoms with van der Waals surface area (Å²) in [7, 11) is -16.3. The Bertz CT molecular complexity index is 1590. The zero-order chi connectivity index (χ0) is 36.1. The molecular formula is C21H36N7O16P3S. The van der Waals surface area contributed by atoms with Crippen molar-refractivity contribution in [3.8, 4) is 0 Å². The standard InChI is InChI=1S/C21H36N7O16P3S/c1-21(2,16(31)19(32)24-4-3-12(29)23-5-6-48)8-41-47(38,39)44-46(36,37)40-7-11-15(43-45(33,34)35)14(30)20(42-11)28-10-27-13-17(22)25-9-26-18(13)28/h9-11,14-16,20,30-31,48H,3-8H2,1-2H3,(H,23,29)(H,24,32)(H,36,37)(H,38,39)(H2,22,25,26)(H2,33,34,35)/t11-,14-,15-,16+,20+/m1/s1. The van der Waals surface area contributed by atoms with Crippen molar-refractivity contribution < 1.29 is 75.7 Å². The number of aliphatic hydroxyl groups is 2. The van der Waals surface area contributed by atoms with Gasteiger partial charge in [-0.1, -0.05) is 13.8 Å². The van der Waals surface area contributed by atoms with Gasteiger partial charge in [0.25, 0.3) is 0 Å². The number of carbonyl (C=O) groups is 2. The molecule has 0 aromatic carbocycles. The average molecular weight is 768 g/mol. The number of imidazole rings is 1. The van der Waals surface area contributed by atoms with Crippen LogP contribution in [0.1, 0.15) is 26.5 Å². The van der Waals surface area contributed by atoms with Crippen LogP contribution in [0, 0.1) is 5.41 Å². The third-order valence-electron chi connectivity index (χ3n) is 6.51. The van der Waals surface area contributed by atoms with Crippen LogP contribution >= 0.6 is 36.1 Å². The van der Waals surface area contributed by atoms with E-state index in [4.69, 9.17) is 19.5 Å². The molecule has 1 aliphatic rings. The zero-order valence-electron chi connectivity index (χ0n) is 25.2. The number of hydrogen-bond donors (Lipinski definition) is 10. The minimum absolute atomic E-state index is 0.0363. The summed E-state index contributed by atoms with van der Waals surface area (Å²) >= 11 is 3.95. The summed E-state index contributed by atoms with van der Waals surface area (Å²) in [4.78, 5) is 74.6. The first kappa shape index (κ1) is 40.3. The molecule has 23 nitrogen and oxygen atoms in total. The number of amides is 2. The van der Waals surface area contributed by atoms with Crippen molar-refractivity contribution in [3.05, 3.63) is 12.7 Å². The van der Waals surface area contributed by atoms with E-state index < -0.39 is 78.6 Å². The molecule has 0 radical (unpaired) electrons. The lowest BCUT2D eigenvalue weighted by Gasteiger charge is -2.30. The van der Waals surface area contributed by atoms with Crippen LogP contribution in [0.5, 0.6) is 0 Å². The van der Waals surface area contributed by atoms with Gasteiger partial charge in [-0.2, -0.15) is 16.9 Å². The molecule has 0 saturated carbocycles. The summed E-state index contributed by atoms with van der Waals surface area (Å²) in [5.74, 6) is -0.943. The Labute approximate surface area is 277 Å². The Morgan fingerprint density at radius 1 is 1.10 bits per heavy atom. The number of nitrogens with two attached hydrogens (primary N) is 1. The van der Waals surface area contributed by atoms with Crippen molar-refractivity contribution in [1.82, 2.24) is 30.2 Å². The molecule has 0 spiro atoms. The third kappa shape index (κ3) is 11.2. The molecule has 2 aromatic heterocycles. The number of anilines is 1. The van der Waals surface area contributed by atoms with Crippen LogP contribution in [-0.2, 0) is 45.9 Å². The number of nitrogens with one attached hydrogen (secondary N) is 2. The van der Waals surface area contributed by atoms with Gasteiger partial charge in [0.1, 0.15) is 36.3 Å². The molecule has 7 atom stereocenters. The maximum Gasteiger partial charge on any atom is 0.481 e. The second-order valence-corrected chi connectivity index (χ2v) is 15.5. The lowest BCUT2D eigenvalue weighted by molar-refractivity contribution is -0.137. The molecule has 0 bridgehead atoms. The monoisotopic (exact) mass is 767 g/mol. The normalized spacial score (nSPS) is 23.4. The van der Waals surface area contributed by atoms with E-state index in [2.05, 4.69) is 47.0 Å². The van der Waals surface area contributed by atoms with E-state index >= 15 is 0 Å². The van der Waals surface area contributed by atoms with E-state index in [-0.39, 0.29) is 35.9 Å². The van der Waals surface area contributed by atoms with Gasteiger partial charge < -0.3 is 50.9 Å². The largest absolute Gasteiger partial charge is 0.481 e. The number of nitrogen functional groups attached to an aromatic ring is 1. The smallest absolute Gasteiger partial charge is 0.386 e. The van der Waals surface area contributed by atoms with Crippen LogP contribution in [0.15, 0.2) is 12.7 Å². The van der Waals surface area contributed by atoms with Gasteiger partial charge in [-0.3, -0.25) is 27.7 Å².